The molecule has 0 radical (unpaired) electrons. The monoisotopic (exact) mass is 259 g/mol. The molecule has 0 saturated carbocycles. The van der Waals surface area contributed by atoms with Gasteiger partial charge in [0.1, 0.15) is 12.1 Å². The van der Waals surface area contributed by atoms with Crippen molar-refractivity contribution in [3.05, 3.63) is 40.3 Å². The highest BCUT2D eigenvalue weighted by Crippen LogP contribution is 2.19. The van der Waals surface area contributed by atoms with Crippen molar-refractivity contribution in [2.75, 3.05) is 11.9 Å². The van der Waals surface area contributed by atoms with Crippen LogP contribution < -0.4 is 4.90 Å². The molecule has 0 N–H and O–H groups in total. The third-order valence-electron chi connectivity index (χ3n) is 2.73. The molecule has 0 atom stereocenters. The molecule has 6 heteroatoms. The van der Waals surface area contributed by atoms with E-state index in [-0.39, 0.29) is 0 Å². The van der Waals surface area contributed by atoms with Gasteiger partial charge in [-0.2, -0.15) is 4.52 Å². The lowest BCUT2D eigenvalue weighted by Crippen LogP contribution is -2.17. The second-order valence-corrected chi connectivity index (χ2v) is 5.57. The highest BCUT2D eigenvalue weighted by Gasteiger charge is 2.06. The molecule has 3 aromatic heterocycles. The van der Waals surface area contributed by atoms with E-state index in [2.05, 4.69) is 39.3 Å². The molecule has 0 aromatic carbocycles. The summed E-state index contributed by atoms with van der Waals surface area (Å²) < 4.78 is 1.69. The number of aryl methyl sites for hydroxylation is 1. The molecular formula is C12H13N5S. The van der Waals surface area contributed by atoms with Gasteiger partial charge in [0, 0.05) is 16.8 Å². The smallest absolute Gasteiger partial charge is 0.177 e. The first-order valence-corrected chi connectivity index (χ1v) is 6.47. The SMILES string of the molecule is Cc1ccc(CN(C)c2ccc3nncn3n2)s1. The Labute approximate surface area is 109 Å². The van der Waals surface area contributed by atoms with Crippen molar-refractivity contribution in [2.45, 2.75) is 13.5 Å². The molecule has 0 aliphatic carbocycles. The topological polar surface area (TPSA) is 46.3 Å². The zero-order chi connectivity index (χ0) is 12.5. The predicted octanol–water partition coefficient (Wildman–Crippen LogP) is 2.13. The Hall–Kier alpha value is -1.95. The standard InChI is InChI=1S/C12H13N5S/c1-9-3-4-10(18-9)7-16(2)12-6-5-11-14-13-8-17(11)15-12/h3-6,8H,7H2,1-2H3. The molecule has 0 fully saturated rings. The number of hydrogen-bond acceptors (Lipinski definition) is 5. The molecule has 3 heterocycles. The minimum Gasteiger partial charge on any atom is -0.353 e. The summed E-state index contributed by atoms with van der Waals surface area (Å²) in [6.07, 6.45) is 1.61. The fourth-order valence-corrected chi connectivity index (χ4v) is 2.75. The fourth-order valence-electron chi connectivity index (χ4n) is 1.81. The van der Waals surface area contributed by atoms with E-state index in [1.807, 2.05) is 30.5 Å². The Morgan fingerprint density at radius 2 is 2.17 bits per heavy atom. The predicted molar refractivity (Wildman–Crippen MR) is 71.9 cm³/mol. The molecule has 0 bridgehead atoms. The number of aromatic nitrogens is 4. The molecule has 3 aromatic rings. The van der Waals surface area contributed by atoms with Crippen LogP contribution in [0.15, 0.2) is 30.6 Å². The van der Waals surface area contributed by atoms with E-state index >= 15 is 0 Å². The van der Waals surface area contributed by atoms with Crippen LogP contribution in [-0.2, 0) is 6.54 Å². The van der Waals surface area contributed by atoms with Gasteiger partial charge < -0.3 is 4.90 Å². The van der Waals surface area contributed by atoms with Crippen LogP contribution in [0.2, 0.25) is 0 Å². The highest BCUT2D eigenvalue weighted by atomic mass is 32.1. The van der Waals surface area contributed by atoms with E-state index in [4.69, 9.17) is 0 Å². The van der Waals surface area contributed by atoms with E-state index < -0.39 is 0 Å². The van der Waals surface area contributed by atoms with Crippen molar-refractivity contribution < 1.29 is 0 Å². The Morgan fingerprint density at radius 3 is 2.94 bits per heavy atom. The maximum absolute atomic E-state index is 4.46. The lowest BCUT2D eigenvalue weighted by Gasteiger charge is -2.16. The van der Waals surface area contributed by atoms with E-state index in [0.717, 1.165) is 18.0 Å². The summed E-state index contributed by atoms with van der Waals surface area (Å²) in [6, 6.07) is 8.19. The first kappa shape index (κ1) is 11.2. The van der Waals surface area contributed by atoms with Gasteiger partial charge in [-0.05, 0) is 31.2 Å². The molecule has 92 valence electrons. The Morgan fingerprint density at radius 1 is 1.28 bits per heavy atom. The van der Waals surface area contributed by atoms with Gasteiger partial charge in [0.15, 0.2) is 5.65 Å². The molecule has 0 aliphatic rings. The van der Waals surface area contributed by atoms with Crippen LogP contribution in [0.5, 0.6) is 0 Å². The minimum atomic E-state index is 0.763. The third-order valence-corrected chi connectivity index (χ3v) is 3.71. The first-order chi connectivity index (χ1) is 8.72. The minimum absolute atomic E-state index is 0.763. The first-order valence-electron chi connectivity index (χ1n) is 5.66. The van der Waals surface area contributed by atoms with Crippen molar-refractivity contribution in [1.82, 2.24) is 19.8 Å². The zero-order valence-electron chi connectivity index (χ0n) is 10.2. The fraction of sp³-hybridized carbons (Fsp3) is 0.250. The number of nitrogens with zero attached hydrogens (tertiary/aromatic N) is 5. The maximum Gasteiger partial charge on any atom is 0.177 e. The molecule has 3 rings (SSSR count). The average Bonchev–Trinajstić information content (AvgIpc) is 2.96. The lowest BCUT2D eigenvalue weighted by atomic mass is 10.4. The van der Waals surface area contributed by atoms with Crippen LogP contribution >= 0.6 is 11.3 Å². The van der Waals surface area contributed by atoms with Crippen molar-refractivity contribution in [3.8, 4) is 0 Å². The average molecular weight is 259 g/mol. The van der Waals surface area contributed by atoms with E-state index in [1.54, 1.807) is 10.8 Å². The summed E-state index contributed by atoms with van der Waals surface area (Å²) in [5.74, 6) is 0.911. The van der Waals surface area contributed by atoms with Gasteiger partial charge in [-0.3, -0.25) is 0 Å². The molecule has 0 spiro atoms. The number of rotatable bonds is 3. The largest absolute Gasteiger partial charge is 0.353 e. The second-order valence-electron chi connectivity index (χ2n) is 4.19. The van der Waals surface area contributed by atoms with Crippen molar-refractivity contribution in [1.29, 1.82) is 0 Å². The highest BCUT2D eigenvalue weighted by molar-refractivity contribution is 7.11. The summed E-state index contributed by atoms with van der Waals surface area (Å²) in [4.78, 5) is 4.78. The number of hydrogen-bond donors (Lipinski definition) is 0. The van der Waals surface area contributed by atoms with Crippen LogP contribution in [0.1, 0.15) is 9.75 Å². The van der Waals surface area contributed by atoms with E-state index in [0.29, 0.717) is 0 Å². The Kier molecular flexibility index (Phi) is 2.71. The summed E-state index contributed by atoms with van der Waals surface area (Å²) in [7, 11) is 2.04. The molecule has 0 saturated heterocycles. The van der Waals surface area contributed by atoms with Gasteiger partial charge in [0.2, 0.25) is 0 Å². The Balaban J connectivity index is 1.84. The molecule has 0 amide bonds. The van der Waals surface area contributed by atoms with Gasteiger partial charge in [0.05, 0.1) is 6.54 Å². The number of fused-ring (bicyclic) bond motifs is 1. The van der Waals surface area contributed by atoms with E-state index in [9.17, 15) is 0 Å². The van der Waals surface area contributed by atoms with Gasteiger partial charge in [-0.25, -0.2) is 0 Å². The van der Waals surface area contributed by atoms with Crippen LogP contribution in [0.4, 0.5) is 5.82 Å². The quantitative estimate of drug-likeness (QED) is 0.723. The van der Waals surface area contributed by atoms with Gasteiger partial charge >= 0.3 is 0 Å². The van der Waals surface area contributed by atoms with Crippen LogP contribution in [0.25, 0.3) is 5.65 Å². The van der Waals surface area contributed by atoms with Crippen LogP contribution in [0, 0.1) is 6.92 Å². The Bertz CT molecular complexity index is 672. The molecule has 0 unspecified atom stereocenters. The summed E-state index contributed by atoms with van der Waals surface area (Å²) in [6.45, 7) is 2.98. The second kappa shape index (κ2) is 4.38. The van der Waals surface area contributed by atoms with Crippen molar-refractivity contribution in [3.63, 3.8) is 0 Å². The van der Waals surface area contributed by atoms with Gasteiger partial charge in [0.25, 0.3) is 0 Å². The molecule has 5 nitrogen and oxygen atoms in total. The number of anilines is 1. The number of thiophene rings is 1. The van der Waals surface area contributed by atoms with Crippen molar-refractivity contribution >= 4 is 22.8 Å². The lowest BCUT2D eigenvalue weighted by molar-refractivity contribution is 0.845. The molecular weight excluding hydrogens is 246 g/mol. The molecule has 18 heavy (non-hydrogen) atoms. The van der Waals surface area contributed by atoms with Crippen molar-refractivity contribution in [2.24, 2.45) is 0 Å². The summed E-state index contributed by atoms with van der Waals surface area (Å²) in [5.41, 5.74) is 0.763. The molecule has 0 aliphatic heterocycles. The van der Waals surface area contributed by atoms with Crippen LogP contribution in [0.3, 0.4) is 0 Å². The zero-order valence-corrected chi connectivity index (χ0v) is 11.1. The maximum atomic E-state index is 4.46. The third kappa shape index (κ3) is 2.06. The van der Waals surface area contributed by atoms with E-state index in [1.165, 1.54) is 9.75 Å². The normalized spacial score (nSPS) is 11.0. The van der Waals surface area contributed by atoms with Crippen LogP contribution in [-0.4, -0.2) is 26.9 Å². The summed E-state index contributed by atoms with van der Waals surface area (Å²) >= 11 is 1.82. The van der Waals surface area contributed by atoms with Gasteiger partial charge in [-0.1, -0.05) is 0 Å². The summed E-state index contributed by atoms with van der Waals surface area (Å²) in [5, 5.41) is 12.2. The van der Waals surface area contributed by atoms with Gasteiger partial charge in [-0.15, -0.1) is 26.6 Å².